The third-order valence-corrected chi connectivity index (χ3v) is 4.93. The number of carbonyl (C=O) groups excluding carboxylic acids is 2. The molecule has 4 heteroatoms. The Morgan fingerprint density at radius 3 is 2.42 bits per heavy atom. The number of nitrogens with one attached hydrogen (secondary N) is 2. The highest BCUT2D eigenvalue weighted by atomic mass is 16.2. The number of rotatable bonds is 3. The summed E-state index contributed by atoms with van der Waals surface area (Å²) in [5.41, 5.74) is 7.70. The molecule has 1 aromatic carbocycles. The van der Waals surface area contributed by atoms with E-state index in [1.54, 1.807) is 0 Å². The van der Waals surface area contributed by atoms with Gasteiger partial charge in [-0.3, -0.25) is 9.59 Å². The van der Waals surface area contributed by atoms with E-state index in [4.69, 9.17) is 0 Å². The first-order valence-electron chi connectivity index (χ1n) is 8.48. The molecule has 0 aliphatic heterocycles. The van der Waals surface area contributed by atoms with Crippen LogP contribution in [0.4, 0.5) is 0 Å². The number of fused-ring (bicyclic) bond motifs is 1. The maximum Gasteiger partial charge on any atom is 0.268 e. The lowest BCUT2D eigenvalue weighted by Crippen LogP contribution is -2.25. The molecule has 0 spiro atoms. The summed E-state index contributed by atoms with van der Waals surface area (Å²) < 4.78 is 0. The number of amides is 1. The Labute approximate surface area is 142 Å². The second-order valence-electron chi connectivity index (χ2n) is 6.82. The highest BCUT2D eigenvalue weighted by molar-refractivity contribution is 6.04. The summed E-state index contributed by atoms with van der Waals surface area (Å²) >= 11 is 0. The molecule has 3 rings (SSSR count). The lowest BCUT2D eigenvalue weighted by Gasteiger charge is -2.12. The molecule has 24 heavy (non-hydrogen) atoms. The Morgan fingerprint density at radius 1 is 1.12 bits per heavy atom. The predicted molar refractivity (Wildman–Crippen MR) is 94.6 cm³/mol. The minimum atomic E-state index is -0.144. The lowest BCUT2D eigenvalue weighted by atomic mass is 9.94. The van der Waals surface area contributed by atoms with E-state index in [2.05, 4.69) is 43.2 Å². The van der Waals surface area contributed by atoms with Gasteiger partial charge in [-0.1, -0.05) is 17.7 Å². The summed E-state index contributed by atoms with van der Waals surface area (Å²) in [5.74, 6) is 0.00310. The largest absolute Gasteiger partial charge is 0.354 e. The van der Waals surface area contributed by atoms with Crippen LogP contribution < -0.4 is 5.32 Å². The van der Waals surface area contributed by atoms with Crippen LogP contribution in [0.1, 0.15) is 67.2 Å². The van der Waals surface area contributed by atoms with Crippen molar-refractivity contribution in [3.8, 4) is 0 Å². The van der Waals surface area contributed by atoms with E-state index in [1.165, 1.54) is 16.7 Å². The number of H-pyrrole nitrogens is 1. The lowest BCUT2D eigenvalue weighted by molar-refractivity contribution is 0.0944. The van der Waals surface area contributed by atoms with Crippen molar-refractivity contribution in [3.05, 3.63) is 56.9 Å². The summed E-state index contributed by atoms with van der Waals surface area (Å²) in [6, 6.07) is 4.26. The summed E-state index contributed by atoms with van der Waals surface area (Å²) in [7, 11) is 0. The molecule has 0 saturated carbocycles. The molecule has 126 valence electrons. The Bertz CT molecular complexity index is 807. The molecule has 0 fully saturated rings. The van der Waals surface area contributed by atoms with Crippen LogP contribution in [0, 0.1) is 27.7 Å². The average molecular weight is 324 g/mol. The Balaban J connectivity index is 1.81. The smallest absolute Gasteiger partial charge is 0.268 e. The van der Waals surface area contributed by atoms with Crippen LogP contribution in [-0.4, -0.2) is 16.7 Å². The fourth-order valence-electron chi connectivity index (χ4n) is 3.75. The molecule has 1 aliphatic rings. The predicted octanol–water partition coefficient (Wildman–Crippen LogP) is 3.70. The summed E-state index contributed by atoms with van der Waals surface area (Å²) in [6.07, 6.45) is 2.27. The maximum absolute atomic E-state index is 12.6. The van der Waals surface area contributed by atoms with Crippen molar-refractivity contribution >= 4 is 11.7 Å². The number of aromatic amines is 1. The first kappa shape index (κ1) is 16.5. The van der Waals surface area contributed by atoms with E-state index in [9.17, 15) is 9.59 Å². The van der Waals surface area contributed by atoms with Gasteiger partial charge < -0.3 is 10.3 Å². The molecule has 0 bridgehead atoms. The van der Waals surface area contributed by atoms with Gasteiger partial charge >= 0.3 is 0 Å². The van der Waals surface area contributed by atoms with Crippen LogP contribution in [0.2, 0.25) is 0 Å². The quantitative estimate of drug-likeness (QED) is 0.904. The van der Waals surface area contributed by atoms with Gasteiger partial charge in [0.15, 0.2) is 5.78 Å². The number of hydrogen-bond donors (Lipinski definition) is 2. The number of benzene rings is 1. The minimum Gasteiger partial charge on any atom is -0.354 e. The topological polar surface area (TPSA) is 62.0 Å². The van der Waals surface area contributed by atoms with Gasteiger partial charge in [-0.05, 0) is 62.8 Å². The zero-order chi connectivity index (χ0) is 17.4. The highest BCUT2D eigenvalue weighted by Crippen LogP contribution is 2.26. The van der Waals surface area contributed by atoms with Crippen LogP contribution in [0.15, 0.2) is 12.1 Å². The highest BCUT2D eigenvalue weighted by Gasteiger charge is 2.26. The second-order valence-corrected chi connectivity index (χ2v) is 6.82. The van der Waals surface area contributed by atoms with Crippen molar-refractivity contribution in [2.24, 2.45) is 0 Å². The van der Waals surface area contributed by atoms with E-state index in [1.807, 2.05) is 6.92 Å². The number of ketones is 1. The average Bonchev–Trinajstić information content (AvgIpc) is 2.84. The summed E-state index contributed by atoms with van der Waals surface area (Å²) in [4.78, 5) is 27.9. The Morgan fingerprint density at radius 2 is 1.79 bits per heavy atom. The van der Waals surface area contributed by atoms with Gasteiger partial charge in [0.05, 0.1) is 0 Å². The summed E-state index contributed by atoms with van der Waals surface area (Å²) in [5, 5.41) is 3.00. The Kier molecular flexibility index (Phi) is 4.31. The normalized spacial score (nSPS) is 13.8. The molecule has 0 saturated heterocycles. The fourth-order valence-corrected chi connectivity index (χ4v) is 3.75. The van der Waals surface area contributed by atoms with Crippen LogP contribution in [0.25, 0.3) is 0 Å². The van der Waals surface area contributed by atoms with Crippen LogP contribution in [0.5, 0.6) is 0 Å². The monoisotopic (exact) mass is 324 g/mol. The number of carbonyl (C=O) groups is 2. The molecular formula is C20H24N2O2. The minimum absolute atomic E-state index is 0.144. The third-order valence-electron chi connectivity index (χ3n) is 4.93. The maximum atomic E-state index is 12.6. The van der Waals surface area contributed by atoms with Gasteiger partial charge in [0, 0.05) is 24.2 Å². The van der Waals surface area contributed by atoms with E-state index < -0.39 is 0 Å². The van der Waals surface area contributed by atoms with Gasteiger partial charge in [0.25, 0.3) is 5.91 Å². The van der Waals surface area contributed by atoms with Crippen molar-refractivity contribution in [3.63, 3.8) is 0 Å². The number of aromatic nitrogens is 1. The fraction of sp³-hybridized carbons (Fsp3) is 0.400. The molecular weight excluding hydrogens is 300 g/mol. The van der Waals surface area contributed by atoms with E-state index in [-0.39, 0.29) is 11.7 Å². The zero-order valence-electron chi connectivity index (χ0n) is 14.8. The van der Waals surface area contributed by atoms with E-state index >= 15 is 0 Å². The van der Waals surface area contributed by atoms with Gasteiger partial charge in [-0.25, -0.2) is 0 Å². The molecule has 0 unspecified atom stereocenters. The van der Waals surface area contributed by atoms with Crippen LogP contribution in [0.3, 0.4) is 0 Å². The third kappa shape index (κ3) is 2.88. The molecule has 2 aromatic rings. The first-order chi connectivity index (χ1) is 11.4. The number of hydrogen-bond acceptors (Lipinski definition) is 2. The van der Waals surface area contributed by atoms with Crippen molar-refractivity contribution < 1.29 is 9.59 Å². The second kappa shape index (κ2) is 6.27. The van der Waals surface area contributed by atoms with Gasteiger partial charge in [0.2, 0.25) is 0 Å². The SMILES string of the molecule is Cc1cc(C)c(CNC(=O)c2[nH]c3c(c2C)C(=O)CCC3)c(C)c1. The van der Waals surface area contributed by atoms with Crippen LogP contribution in [-0.2, 0) is 13.0 Å². The van der Waals surface area contributed by atoms with Gasteiger partial charge in [-0.15, -0.1) is 0 Å². The molecule has 0 atom stereocenters. The van der Waals surface area contributed by atoms with Gasteiger partial charge in [-0.2, -0.15) is 0 Å². The van der Waals surface area contributed by atoms with Crippen molar-refractivity contribution in [2.75, 3.05) is 0 Å². The molecule has 4 nitrogen and oxygen atoms in total. The molecule has 1 amide bonds. The molecule has 1 aromatic heterocycles. The number of aryl methyl sites for hydroxylation is 4. The molecule has 0 radical (unpaired) electrons. The van der Waals surface area contributed by atoms with Crippen molar-refractivity contribution in [1.82, 2.24) is 10.3 Å². The van der Waals surface area contributed by atoms with Crippen molar-refractivity contribution in [1.29, 1.82) is 0 Å². The Hall–Kier alpha value is -2.36. The number of Topliss-reactive ketones (excluding diaryl/α,β-unsaturated/α-hetero) is 1. The van der Waals surface area contributed by atoms with E-state index in [0.29, 0.717) is 18.7 Å². The molecule has 2 N–H and O–H groups in total. The first-order valence-corrected chi connectivity index (χ1v) is 8.48. The van der Waals surface area contributed by atoms with Gasteiger partial charge in [0.1, 0.15) is 5.69 Å². The van der Waals surface area contributed by atoms with E-state index in [0.717, 1.165) is 35.2 Å². The standard InChI is InChI=1S/C20H24N2O2/c1-11-8-12(2)15(13(3)9-11)10-21-20(24)19-14(4)18-16(22-19)6-5-7-17(18)23/h8-9,22H,5-7,10H2,1-4H3,(H,21,24). The zero-order valence-corrected chi connectivity index (χ0v) is 14.8. The van der Waals surface area contributed by atoms with Crippen molar-refractivity contribution in [2.45, 2.75) is 53.5 Å². The van der Waals surface area contributed by atoms with Crippen LogP contribution >= 0.6 is 0 Å². The summed E-state index contributed by atoms with van der Waals surface area (Å²) in [6.45, 7) is 8.56. The molecule has 1 aliphatic carbocycles. The molecule has 1 heterocycles.